The molecule has 0 aromatic carbocycles. The molecule has 0 aromatic heterocycles. The van der Waals surface area contributed by atoms with Crippen LogP contribution >= 0.6 is 0 Å². The Hall–Kier alpha value is -0.610. The highest BCUT2D eigenvalue weighted by molar-refractivity contribution is 5.85. The van der Waals surface area contributed by atoms with Crippen molar-refractivity contribution in [3.05, 3.63) is 0 Å². The minimum Gasteiger partial charge on any atom is -0.396 e. The second-order valence-electron chi connectivity index (χ2n) is 5.90. The monoisotopic (exact) mass is 255 g/mol. The first kappa shape index (κ1) is 13.8. The maximum atomic E-state index is 12.2. The maximum Gasteiger partial charge on any atom is 0.252 e. The van der Waals surface area contributed by atoms with E-state index < -0.39 is 5.60 Å². The van der Waals surface area contributed by atoms with Gasteiger partial charge in [0.15, 0.2) is 0 Å². The van der Waals surface area contributed by atoms with E-state index in [0.29, 0.717) is 12.8 Å². The molecule has 104 valence electrons. The van der Waals surface area contributed by atoms with Crippen molar-refractivity contribution in [2.24, 2.45) is 5.92 Å². The van der Waals surface area contributed by atoms with Crippen LogP contribution in [0.25, 0.3) is 0 Å². The molecule has 2 atom stereocenters. The predicted molar refractivity (Wildman–Crippen MR) is 69.0 cm³/mol. The summed E-state index contributed by atoms with van der Waals surface area (Å²) in [7, 11) is 0. The van der Waals surface area contributed by atoms with Gasteiger partial charge in [-0.3, -0.25) is 4.79 Å². The third-order valence-corrected chi connectivity index (χ3v) is 4.56. The second kappa shape index (κ2) is 6.02. The van der Waals surface area contributed by atoms with E-state index in [-0.39, 0.29) is 24.5 Å². The zero-order valence-electron chi connectivity index (χ0n) is 11.0. The summed E-state index contributed by atoms with van der Waals surface area (Å²) >= 11 is 0. The zero-order chi connectivity index (χ0) is 13.0. The number of carbonyl (C=O) groups excluding carboxylic acids is 1. The molecule has 2 aliphatic carbocycles. The van der Waals surface area contributed by atoms with E-state index in [9.17, 15) is 15.0 Å². The molecule has 0 saturated heterocycles. The van der Waals surface area contributed by atoms with E-state index >= 15 is 0 Å². The highest BCUT2D eigenvalue weighted by atomic mass is 16.3. The van der Waals surface area contributed by atoms with Crippen LogP contribution in [-0.4, -0.2) is 34.4 Å². The average Bonchev–Trinajstić information content (AvgIpc) is 2.69. The molecule has 0 spiro atoms. The molecule has 1 amide bonds. The fourth-order valence-electron chi connectivity index (χ4n) is 3.28. The Morgan fingerprint density at radius 3 is 2.44 bits per heavy atom. The van der Waals surface area contributed by atoms with Gasteiger partial charge in [0.05, 0.1) is 0 Å². The summed E-state index contributed by atoms with van der Waals surface area (Å²) in [6, 6.07) is 0.0367. The number of amides is 1. The number of hydrogen-bond donors (Lipinski definition) is 3. The topological polar surface area (TPSA) is 69.6 Å². The van der Waals surface area contributed by atoms with Crippen LogP contribution in [-0.2, 0) is 4.79 Å². The van der Waals surface area contributed by atoms with E-state index in [0.717, 1.165) is 38.5 Å². The summed E-state index contributed by atoms with van der Waals surface area (Å²) in [6.07, 6.45) is 8.31. The van der Waals surface area contributed by atoms with Crippen LogP contribution in [0.4, 0.5) is 0 Å². The summed E-state index contributed by atoms with van der Waals surface area (Å²) in [6.45, 7) is 0.128. The van der Waals surface area contributed by atoms with Gasteiger partial charge < -0.3 is 15.5 Å². The molecule has 2 fully saturated rings. The fraction of sp³-hybridized carbons (Fsp3) is 0.929. The Bertz CT molecular complexity index is 287. The van der Waals surface area contributed by atoms with Gasteiger partial charge in [-0.2, -0.15) is 0 Å². The van der Waals surface area contributed by atoms with Crippen LogP contribution in [0, 0.1) is 5.92 Å². The van der Waals surface area contributed by atoms with Crippen molar-refractivity contribution in [1.29, 1.82) is 0 Å². The van der Waals surface area contributed by atoms with Gasteiger partial charge in [0.25, 0.3) is 5.91 Å². The number of aliphatic hydroxyl groups excluding tert-OH is 1. The van der Waals surface area contributed by atoms with Crippen LogP contribution in [0.15, 0.2) is 0 Å². The normalized spacial score (nSPS) is 31.9. The molecule has 0 aromatic rings. The van der Waals surface area contributed by atoms with Gasteiger partial charge in [-0.15, -0.1) is 0 Å². The highest BCUT2D eigenvalue weighted by Crippen LogP contribution is 2.31. The Labute approximate surface area is 109 Å². The highest BCUT2D eigenvalue weighted by Gasteiger charge is 2.40. The van der Waals surface area contributed by atoms with Gasteiger partial charge in [-0.1, -0.05) is 19.3 Å². The minimum absolute atomic E-state index is 0.0367. The van der Waals surface area contributed by atoms with E-state index in [2.05, 4.69) is 5.32 Å². The molecular weight excluding hydrogens is 230 g/mol. The SMILES string of the molecule is O=C(NC1CCCCCC1CO)C1(O)CCCC1. The molecule has 0 radical (unpaired) electrons. The lowest BCUT2D eigenvalue weighted by Crippen LogP contribution is -2.51. The first-order valence-electron chi connectivity index (χ1n) is 7.30. The third kappa shape index (κ3) is 3.04. The van der Waals surface area contributed by atoms with Crippen LogP contribution in [0.1, 0.15) is 57.8 Å². The van der Waals surface area contributed by atoms with Gasteiger partial charge in [-0.05, 0) is 38.5 Å². The van der Waals surface area contributed by atoms with Crippen LogP contribution < -0.4 is 5.32 Å². The number of rotatable bonds is 3. The molecule has 4 nitrogen and oxygen atoms in total. The van der Waals surface area contributed by atoms with Crippen molar-refractivity contribution in [2.45, 2.75) is 69.4 Å². The Morgan fingerprint density at radius 2 is 1.78 bits per heavy atom. The molecule has 0 aliphatic heterocycles. The summed E-state index contributed by atoms with van der Waals surface area (Å²) in [5.41, 5.74) is -1.15. The van der Waals surface area contributed by atoms with E-state index in [4.69, 9.17) is 0 Å². The predicted octanol–water partition coefficient (Wildman–Crippen LogP) is 1.35. The standard InChI is InChI=1S/C14H25NO3/c16-10-11-6-2-1-3-7-12(11)15-13(17)14(18)8-4-5-9-14/h11-12,16,18H,1-10H2,(H,15,17). The molecule has 0 heterocycles. The Kier molecular flexibility index (Phi) is 4.62. The molecule has 2 aliphatic rings. The van der Waals surface area contributed by atoms with E-state index in [1.807, 2.05) is 0 Å². The molecule has 3 N–H and O–H groups in total. The summed E-state index contributed by atoms with van der Waals surface area (Å²) in [5, 5.41) is 22.7. The van der Waals surface area contributed by atoms with Gasteiger partial charge >= 0.3 is 0 Å². The zero-order valence-corrected chi connectivity index (χ0v) is 11.0. The van der Waals surface area contributed by atoms with E-state index in [1.165, 1.54) is 6.42 Å². The lowest BCUT2D eigenvalue weighted by molar-refractivity contribution is -0.140. The average molecular weight is 255 g/mol. The molecule has 2 unspecified atom stereocenters. The molecule has 18 heavy (non-hydrogen) atoms. The van der Waals surface area contributed by atoms with Crippen molar-refractivity contribution in [3.8, 4) is 0 Å². The summed E-state index contributed by atoms with van der Waals surface area (Å²) in [5.74, 6) is -0.0631. The molecule has 0 bridgehead atoms. The smallest absolute Gasteiger partial charge is 0.252 e. The largest absolute Gasteiger partial charge is 0.396 e. The van der Waals surface area contributed by atoms with Crippen LogP contribution in [0.2, 0.25) is 0 Å². The number of hydrogen-bond acceptors (Lipinski definition) is 3. The molecule has 4 heteroatoms. The van der Waals surface area contributed by atoms with Crippen molar-refractivity contribution in [2.75, 3.05) is 6.61 Å². The number of carbonyl (C=O) groups is 1. The van der Waals surface area contributed by atoms with Gasteiger partial charge in [0, 0.05) is 18.6 Å². The van der Waals surface area contributed by atoms with Crippen molar-refractivity contribution in [3.63, 3.8) is 0 Å². The summed E-state index contributed by atoms with van der Waals surface area (Å²) in [4.78, 5) is 12.2. The Morgan fingerprint density at radius 1 is 1.11 bits per heavy atom. The van der Waals surface area contributed by atoms with Crippen molar-refractivity contribution < 1.29 is 15.0 Å². The molecule has 2 rings (SSSR count). The lowest BCUT2D eigenvalue weighted by Gasteiger charge is -2.29. The van der Waals surface area contributed by atoms with E-state index in [1.54, 1.807) is 0 Å². The van der Waals surface area contributed by atoms with Crippen LogP contribution in [0.3, 0.4) is 0 Å². The fourth-order valence-corrected chi connectivity index (χ4v) is 3.28. The number of aliphatic hydroxyl groups is 2. The molecule has 2 saturated carbocycles. The van der Waals surface area contributed by atoms with Crippen LogP contribution in [0.5, 0.6) is 0 Å². The van der Waals surface area contributed by atoms with Gasteiger partial charge in [0.2, 0.25) is 0 Å². The molecular formula is C14H25NO3. The van der Waals surface area contributed by atoms with Crippen molar-refractivity contribution >= 4 is 5.91 Å². The first-order valence-corrected chi connectivity index (χ1v) is 7.30. The quantitative estimate of drug-likeness (QED) is 0.667. The van der Waals surface area contributed by atoms with Gasteiger partial charge in [0.1, 0.15) is 5.60 Å². The third-order valence-electron chi connectivity index (χ3n) is 4.56. The maximum absolute atomic E-state index is 12.2. The summed E-state index contributed by atoms with van der Waals surface area (Å²) < 4.78 is 0. The first-order chi connectivity index (χ1) is 8.65. The minimum atomic E-state index is -1.15. The lowest BCUT2D eigenvalue weighted by atomic mass is 9.93. The van der Waals surface area contributed by atoms with Gasteiger partial charge in [-0.25, -0.2) is 0 Å². The Balaban J connectivity index is 1.95. The number of nitrogens with one attached hydrogen (secondary N) is 1. The second-order valence-corrected chi connectivity index (χ2v) is 5.90. The van der Waals surface area contributed by atoms with Crippen molar-refractivity contribution in [1.82, 2.24) is 5.32 Å².